The first kappa shape index (κ1) is 14.9. The minimum atomic E-state index is -0.219. The summed E-state index contributed by atoms with van der Waals surface area (Å²) in [4.78, 5) is 0. The predicted octanol–water partition coefficient (Wildman–Crippen LogP) is 3.05. The maximum absolute atomic E-state index is 13.7. The summed E-state index contributed by atoms with van der Waals surface area (Å²) in [6, 6.07) is 4.91. The lowest BCUT2D eigenvalue weighted by molar-refractivity contribution is 0.0912. The van der Waals surface area contributed by atoms with Gasteiger partial charge in [0.2, 0.25) is 5.16 Å². The molecule has 8 heteroatoms. The highest BCUT2D eigenvalue weighted by Gasteiger charge is 2.19. The van der Waals surface area contributed by atoms with Crippen molar-refractivity contribution in [3.63, 3.8) is 0 Å². The van der Waals surface area contributed by atoms with Crippen molar-refractivity contribution in [2.75, 3.05) is 6.61 Å². The van der Waals surface area contributed by atoms with Gasteiger partial charge in [0, 0.05) is 16.8 Å². The summed E-state index contributed by atoms with van der Waals surface area (Å²) in [7, 11) is 0. The zero-order valence-electron chi connectivity index (χ0n) is 11.2. The third-order valence-electron chi connectivity index (χ3n) is 3.26. The number of benzene rings is 1. The van der Waals surface area contributed by atoms with E-state index in [9.17, 15) is 4.39 Å². The molecule has 21 heavy (non-hydrogen) atoms. The molecule has 0 aliphatic carbocycles. The summed E-state index contributed by atoms with van der Waals surface area (Å²) in [5, 5.41) is 12.4. The molecule has 1 fully saturated rings. The average Bonchev–Trinajstić information content (AvgIpc) is 3.12. The van der Waals surface area contributed by atoms with E-state index >= 15 is 0 Å². The lowest BCUT2D eigenvalue weighted by Crippen LogP contribution is -2.16. The first-order chi connectivity index (χ1) is 10.2. The van der Waals surface area contributed by atoms with Crippen LogP contribution in [-0.2, 0) is 17.0 Å². The molecule has 0 saturated carbocycles. The molecule has 0 spiro atoms. The molecule has 5 nitrogen and oxygen atoms in total. The molecule has 1 aliphatic rings. The van der Waals surface area contributed by atoms with Gasteiger partial charge in [0.05, 0.1) is 12.6 Å². The average molecular weight is 373 g/mol. The van der Waals surface area contributed by atoms with E-state index in [0.29, 0.717) is 23.0 Å². The van der Waals surface area contributed by atoms with Crippen LogP contribution in [0, 0.1) is 5.82 Å². The van der Waals surface area contributed by atoms with E-state index in [1.54, 1.807) is 16.8 Å². The van der Waals surface area contributed by atoms with E-state index in [4.69, 9.17) is 4.74 Å². The van der Waals surface area contributed by atoms with Crippen LogP contribution in [-0.4, -0.2) is 32.9 Å². The van der Waals surface area contributed by atoms with E-state index in [2.05, 4.69) is 31.5 Å². The fraction of sp³-hybridized carbons (Fsp3) is 0.462. The van der Waals surface area contributed by atoms with Crippen LogP contribution in [0.15, 0.2) is 27.8 Å². The molecular weight excluding hydrogens is 359 g/mol. The zero-order chi connectivity index (χ0) is 14.7. The Morgan fingerprint density at radius 3 is 3.19 bits per heavy atom. The van der Waals surface area contributed by atoms with Gasteiger partial charge in [-0.3, -0.25) is 0 Å². The SMILES string of the molecule is Fc1ccc(Br)cc1CSc1nnnn1CC1CCCO1. The fourth-order valence-electron chi connectivity index (χ4n) is 2.19. The normalized spacial score (nSPS) is 18.3. The van der Waals surface area contributed by atoms with Gasteiger partial charge in [-0.25, -0.2) is 9.07 Å². The van der Waals surface area contributed by atoms with Crippen molar-refractivity contribution < 1.29 is 9.13 Å². The van der Waals surface area contributed by atoms with Gasteiger partial charge < -0.3 is 4.74 Å². The van der Waals surface area contributed by atoms with Gasteiger partial charge in [-0.2, -0.15) is 0 Å². The molecular formula is C13H14BrFN4OS. The summed E-state index contributed by atoms with van der Waals surface area (Å²) < 4.78 is 21.9. The van der Waals surface area contributed by atoms with Crippen LogP contribution in [0.2, 0.25) is 0 Å². The number of halogens is 2. The van der Waals surface area contributed by atoms with Crippen molar-refractivity contribution in [1.82, 2.24) is 20.2 Å². The Hall–Kier alpha value is -0.990. The van der Waals surface area contributed by atoms with Crippen molar-refractivity contribution in [3.8, 4) is 0 Å². The van der Waals surface area contributed by atoms with E-state index in [1.807, 2.05) is 0 Å². The highest BCUT2D eigenvalue weighted by Crippen LogP contribution is 2.25. The smallest absolute Gasteiger partial charge is 0.209 e. The summed E-state index contributed by atoms with van der Waals surface area (Å²) in [6.07, 6.45) is 2.29. The van der Waals surface area contributed by atoms with Crippen LogP contribution < -0.4 is 0 Å². The van der Waals surface area contributed by atoms with Crippen LogP contribution in [0.3, 0.4) is 0 Å². The molecule has 112 valence electrons. The number of aromatic nitrogens is 4. The maximum atomic E-state index is 13.7. The standard InChI is InChI=1S/C13H14BrFN4OS/c14-10-3-4-12(15)9(6-10)8-21-13-16-17-18-19(13)7-11-2-1-5-20-11/h3-4,6,11H,1-2,5,7-8H2. The number of nitrogens with zero attached hydrogens (tertiary/aromatic N) is 4. The van der Waals surface area contributed by atoms with E-state index < -0.39 is 0 Å². The summed E-state index contributed by atoms with van der Waals surface area (Å²) >= 11 is 4.77. The second-order valence-electron chi connectivity index (χ2n) is 4.80. The van der Waals surface area contributed by atoms with E-state index in [0.717, 1.165) is 23.9 Å². The van der Waals surface area contributed by atoms with Crippen molar-refractivity contribution in [1.29, 1.82) is 0 Å². The Kier molecular flexibility index (Phi) is 4.87. The molecule has 1 atom stereocenters. The topological polar surface area (TPSA) is 52.8 Å². The monoisotopic (exact) mass is 372 g/mol. The van der Waals surface area contributed by atoms with Gasteiger partial charge in [-0.05, 0) is 47.0 Å². The van der Waals surface area contributed by atoms with Gasteiger partial charge in [0.1, 0.15) is 5.82 Å². The molecule has 3 rings (SSSR count). The number of rotatable bonds is 5. The molecule has 0 bridgehead atoms. The summed E-state index contributed by atoms with van der Waals surface area (Å²) in [6.45, 7) is 1.45. The van der Waals surface area contributed by atoms with Crippen molar-refractivity contribution in [2.24, 2.45) is 0 Å². The second-order valence-corrected chi connectivity index (χ2v) is 6.66. The van der Waals surface area contributed by atoms with E-state index in [-0.39, 0.29) is 11.9 Å². The Bertz CT molecular complexity index is 618. The van der Waals surface area contributed by atoms with Gasteiger partial charge >= 0.3 is 0 Å². The largest absolute Gasteiger partial charge is 0.376 e. The Morgan fingerprint density at radius 1 is 1.48 bits per heavy atom. The Balaban J connectivity index is 1.65. The summed E-state index contributed by atoms with van der Waals surface area (Å²) in [5.74, 6) is 0.265. The fourth-order valence-corrected chi connectivity index (χ4v) is 3.46. The lowest BCUT2D eigenvalue weighted by atomic mass is 10.2. The van der Waals surface area contributed by atoms with E-state index in [1.165, 1.54) is 17.8 Å². The minimum absolute atomic E-state index is 0.176. The third kappa shape index (κ3) is 3.81. The molecule has 0 radical (unpaired) electrons. The minimum Gasteiger partial charge on any atom is -0.376 e. The van der Waals surface area contributed by atoms with Crippen LogP contribution in [0.1, 0.15) is 18.4 Å². The van der Waals surface area contributed by atoms with Gasteiger partial charge in [-0.1, -0.05) is 27.7 Å². The van der Waals surface area contributed by atoms with Crippen LogP contribution >= 0.6 is 27.7 Å². The highest BCUT2D eigenvalue weighted by atomic mass is 79.9. The molecule has 1 saturated heterocycles. The zero-order valence-corrected chi connectivity index (χ0v) is 13.6. The first-order valence-corrected chi connectivity index (χ1v) is 8.45. The Morgan fingerprint density at radius 2 is 2.38 bits per heavy atom. The number of ether oxygens (including phenoxy) is 1. The summed E-state index contributed by atoms with van der Waals surface area (Å²) in [5.41, 5.74) is 0.626. The molecule has 1 aliphatic heterocycles. The molecule has 0 N–H and O–H groups in total. The van der Waals surface area contributed by atoms with Crippen LogP contribution in [0.5, 0.6) is 0 Å². The third-order valence-corrected chi connectivity index (χ3v) is 4.76. The number of hydrogen-bond donors (Lipinski definition) is 0. The molecule has 1 aromatic heterocycles. The van der Waals surface area contributed by atoms with Gasteiger partial charge in [0.15, 0.2) is 0 Å². The second kappa shape index (κ2) is 6.85. The van der Waals surface area contributed by atoms with Crippen molar-refractivity contribution in [2.45, 2.75) is 36.4 Å². The number of thioether (sulfide) groups is 1. The van der Waals surface area contributed by atoms with Gasteiger partial charge in [0.25, 0.3) is 0 Å². The molecule has 1 unspecified atom stereocenters. The predicted molar refractivity (Wildman–Crippen MR) is 80.5 cm³/mol. The van der Waals surface area contributed by atoms with Crippen molar-refractivity contribution in [3.05, 3.63) is 34.1 Å². The maximum Gasteiger partial charge on any atom is 0.209 e. The molecule has 1 aromatic carbocycles. The quantitative estimate of drug-likeness (QED) is 0.755. The van der Waals surface area contributed by atoms with Crippen LogP contribution in [0.25, 0.3) is 0 Å². The molecule has 0 amide bonds. The molecule has 2 aromatic rings. The Labute approximate surface area is 134 Å². The van der Waals surface area contributed by atoms with Crippen LogP contribution in [0.4, 0.5) is 4.39 Å². The van der Waals surface area contributed by atoms with Crippen molar-refractivity contribution >= 4 is 27.7 Å². The molecule has 2 heterocycles. The lowest BCUT2D eigenvalue weighted by Gasteiger charge is -2.10. The van der Waals surface area contributed by atoms with Gasteiger partial charge in [-0.15, -0.1) is 5.10 Å². The highest BCUT2D eigenvalue weighted by molar-refractivity contribution is 9.10. The number of hydrogen-bond acceptors (Lipinski definition) is 5. The first-order valence-electron chi connectivity index (χ1n) is 6.67. The number of tetrazole rings is 1.